The average molecular weight is 406 g/mol. The van der Waals surface area contributed by atoms with Crippen molar-refractivity contribution >= 4 is 5.91 Å². The SMILES string of the molecule is C[C@@H]1CCC[C@@H](C)N1CCCNC(=O)c1cnn(-c2ccccc2)c1-n1cccc1. The molecule has 2 aromatic heterocycles. The van der Waals surface area contributed by atoms with Crippen LogP contribution in [-0.2, 0) is 0 Å². The van der Waals surface area contributed by atoms with E-state index in [4.69, 9.17) is 0 Å². The molecule has 0 aliphatic carbocycles. The molecule has 30 heavy (non-hydrogen) atoms. The number of piperidine rings is 1. The van der Waals surface area contributed by atoms with Crippen LogP contribution in [0.3, 0.4) is 0 Å². The van der Waals surface area contributed by atoms with E-state index in [-0.39, 0.29) is 5.91 Å². The number of benzene rings is 1. The van der Waals surface area contributed by atoms with Crippen LogP contribution in [0, 0.1) is 0 Å². The van der Waals surface area contributed by atoms with E-state index in [0.717, 1.165) is 24.5 Å². The normalized spacial score (nSPS) is 19.7. The molecule has 1 aromatic carbocycles. The Morgan fingerprint density at radius 1 is 1.07 bits per heavy atom. The van der Waals surface area contributed by atoms with Crippen LogP contribution in [0.15, 0.2) is 61.1 Å². The van der Waals surface area contributed by atoms with Gasteiger partial charge in [0.2, 0.25) is 0 Å². The third kappa shape index (κ3) is 4.33. The number of aromatic nitrogens is 3. The molecule has 2 atom stereocenters. The molecule has 3 aromatic rings. The third-order valence-corrected chi connectivity index (χ3v) is 6.09. The number of amides is 1. The molecule has 6 nitrogen and oxygen atoms in total. The van der Waals surface area contributed by atoms with Gasteiger partial charge in [-0.2, -0.15) is 5.10 Å². The summed E-state index contributed by atoms with van der Waals surface area (Å²) in [4.78, 5) is 15.6. The lowest BCUT2D eigenvalue weighted by molar-refractivity contribution is 0.0925. The van der Waals surface area contributed by atoms with E-state index in [0.29, 0.717) is 24.2 Å². The lowest BCUT2D eigenvalue weighted by Gasteiger charge is -2.39. The zero-order valence-electron chi connectivity index (χ0n) is 17.9. The first-order chi connectivity index (χ1) is 14.6. The molecule has 0 spiro atoms. The molecule has 6 heteroatoms. The molecule has 4 rings (SSSR count). The molecular formula is C24H31N5O. The lowest BCUT2D eigenvalue weighted by Crippen LogP contribution is -2.44. The first-order valence-electron chi connectivity index (χ1n) is 11.0. The second-order valence-corrected chi connectivity index (χ2v) is 8.20. The summed E-state index contributed by atoms with van der Waals surface area (Å²) in [7, 11) is 0. The predicted octanol–water partition coefficient (Wildman–Crippen LogP) is 4.05. The third-order valence-electron chi connectivity index (χ3n) is 6.09. The number of hydrogen-bond acceptors (Lipinski definition) is 3. The van der Waals surface area contributed by atoms with E-state index in [2.05, 4.69) is 29.2 Å². The minimum absolute atomic E-state index is 0.0828. The molecule has 1 aliphatic heterocycles. The molecule has 158 valence electrons. The van der Waals surface area contributed by atoms with Crippen molar-refractivity contribution < 1.29 is 4.79 Å². The molecule has 1 N–H and O–H groups in total. The monoisotopic (exact) mass is 405 g/mol. The highest BCUT2D eigenvalue weighted by Crippen LogP contribution is 2.22. The van der Waals surface area contributed by atoms with Crippen LogP contribution in [0.1, 0.15) is 49.9 Å². The summed E-state index contributed by atoms with van der Waals surface area (Å²) in [6.45, 7) is 6.32. The maximum Gasteiger partial charge on any atom is 0.256 e. The van der Waals surface area contributed by atoms with Gasteiger partial charge in [0.15, 0.2) is 5.82 Å². The van der Waals surface area contributed by atoms with Crippen LogP contribution >= 0.6 is 0 Å². The number of nitrogens with one attached hydrogen (secondary N) is 1. The highest BCUT2D eigenvalue weighted by Gasteiger charge is 2.24. The number of para-hydroxylation sites is 1. The highest BCUT2D eigenvalue weighted by atomic mass is 16.1. The van der Waals surface area contributed by atoms with Crippen molar-refractivity contribution in [1.29, 1.82) is 0 Å². The lowest BCUT2D eigenvalue weighted by atomic mass is 9.97. The predicted molar refractivity (Wildman–Crippen MR) is 119 cm³/mol. The smallest absolute Gasteiger partial charge is 0.256 e. The second kappa shape index (κ2) is 9.30. The Morgan fingerprint density at radius 2 is 1.77 bits per heavy atom. The van der Waals surface area contributed by atoms with Gasteiger partial charge in [0.25, 0.3) is 5.91 Å². The first kappa shape index (κ1) is 20.4. The fourth-order valence-electron chi connectivity index (χ4n) is 4.46. The number of rotatable bonds is 7. The van der Waals surface area contributed by atoms with Crippen LogP contribution in [0.2, 0.25) is 0 Å². The zero-order chi connectivity index (χ0) is 20.9. The molecule has 0 unspecified atom stereocenters. The standard InChI is InChI=1S/C24H31N5O/c1-19-10-8-11-20(2)28(19)17-9-14-25-23(30)22-18-26-29(21-12-4-3-5-13-21)24(22)27-15-6-7-16-27/h3-7,12-13,15-16,18-20H,8-11,14,17H2,1-2H3,(H,25,30)/t19-,20-/m1/s1. The molecule has 0 radical (unpaired) electrons. The molecule has 3 heterocycles. The maximum atomic E-state index is 13.0. The summed E-state index contributed by atoms with van der Waals surface area (Å²) >= 11 is 0. The highest BCUT2D eigenvalue weighted by molar-refractivity contribution is 5.97. The van der Waals surface area contributed by atoms with Crippen molar-refractivity contribution in [1.82, 2.24) is 24.6 Å². The Morgan fingerprint density at radius 3 is 2.47 bits per heavy atom. The number of likely N-dealkylation sites (tertiary alicyclic amines) is 1. The van der Waals surface area contributed by atoms with E-state index >= 15 is 0 Å². The second-order valence-electron chi connectivity index (χ2n) is 8.20. The van der Waals surface area contributed by atoms with E-state index < -0.39 is 0 Å². The molecule has 0 saturated carbocycles. The van der Waals surface area contributed by atoms with E-state index in [1.807, 2.05) is 64.1 Å². The Balaban J connectivity index is 1.45. The molecule has 0 bridgehead atoms. The van der Waals surface area contributed by atoms with E-state index in [1.54, 1.807) is 6.20 Å². The van der Waals surface area contributed by atoms with Gasteiger partial charge in [0.05, 0.1) is 11.9 Å². The Labute approximate surface area is 178 Å². The van der Waals surface area contributed by atoms with Crippen LogP contribution in [-0.4, -0.2) is 50.3 Å². The number of hydrogen-bond donors (Lipinski definition) is 1. The Hall–Kier alpha value is -2.86. The van der Waals surface area contributed by atoms with Crippen molar-refractivity contribution in [2.24, 2.45) is 0 Å². The van der Waals surface area contributed by atoms with Gasteiger partial charge in [0.1, 0.15) is 5.56 Å². The van der Waals surface area contributed by atoms with Crippen LogP contribution < -0.4 is 5.32 Å². The van der Waals surface area contributed by atoms with Gasteiger partial charge in [-0.15, -0.1) is 0 Å². The first-order valence-corrected chi connectivity index (χ1v) is 11.0. The summed E-state index contributed by atoms with van der Waals surface area (Å²) in [6, 6.07) is 15.1. The summed E-state index contributed by atoms with van der Waals surface area (Å²) in [5.41, 5.74) is 1.50. The number of nitrogens with zero attached hydrogens (tertiary/aromatic N) is 4. The number of carbonyl (C=O) groups excluding carboxylic acids is 1. The van der Waals surface area contributed by atoms with Crippen molar-refractivity contribution in [3.8, 4) is 11.5 Å². The number of carbonyl (C=O) groups is 1. The van der Waals surface area contributed by atoms with Crippen molar-refractivity contribution in [3.05, 3.63) is 66.6 Å². The topological polar surface area (TPSA) is 55.1 Å². The van der Waals surface area contributed by atoms with Crippen LogP contribution in [0.4, 0.5) is 0 Å². The fourth-order valence-corrected chi connectivity index (χ4v) is 4.46. The van der Waals surface area contributed by atoms with Crippen molar-refractivity contribution in [3.63, 3.8) is 0 Å². The molecule has 1 amide bonds. The molecular weight excluding hydrogens is 374 g/mol. The largest absolute Gasteiger partial charge is 0.352 e. The van der Waals surface area contributed by atoms with Gasteiger partial charge in [-0.1, -0.05) is 24.6 Å². The van der Waals surface area contributed by atoms with Crippen LogP contribution in [0.5, 0.6) is 0 Å². The van der Waals surface area contributed by atoms with E-state index in [1.165, 1.54) is 19.3 Å². The van der Waals surface area contributed by atoms with Crippen molar-refractivity contribution in [2.45, 2.75) is 51.6 Å². The van der Waals surface area contributed by atoms with E-state index in [9.17, 15) is 4.79 Å². The summed E-state index contributed by atoms with van der Waals surface area (Å²) in [5, 5.41) is 7.61. The van der Waals surface area contributed by atoms with Gasteiger partial charge >= 0.3 is 0 Å². The average Bonchev–Trinajstić information content (AvgIpc) is 3.43. The molecule has 1 saturated heterocycles. The fraction of sp³-hybridized carbons (Fsp3) is 0.417. The van der Waals surface area contributed by atoms with Gasteiger partial charge in [0, 0.05) is 37.6 Å². The summed E-state index contributed by atoms with van der Waals surface area (Å²) < 4.78 is 3.75. The minimum atomic E-state index is -0.0828. The van der Waals surface area contributed by atoms with Gasteiger partial charge in [-0.3, -0.25) is 9.69 Å². The van der Waals surface area contributed by atoms with Crippen LogP contribution in [0.25, 0.3) is 11.5 Å². The van der Waals surface area contributed by atoms with Crippen molar-refractivity contribution in [2.75, 3.05) is 13.1 Å². The minimum Gasteiger partial charge on any atom is -0.352 e. The maximum absolute atomic E-state index is 13.0. The van der Waals surface area contributed by atoms with Gasteiger partial charge in [-0.05, 0) is 57.4 Å². The molecule has 1 aliphatic rings. The Bertz CT molecular complexity index is 937. The van der Waals surface area contributed by atoms with Gasteiger partial charge < -0.3 is 9.88 Å². The summed E-state index contributed by atoms with van der Waals surface area (Å²) in [6.07, 6.45) is 10.4. The summed E-state index contributed by atoms with van der Waals surface area (Å²) in [5.74, 6) is 0.669. The molecule has 1 fully saturated rings. The Kier molecular flexibility index (Phi) is 6.33. The van der Waals surface area contributed by atoms with Gasteiger partial charge in [-0.25, -0.2) is 4.68 Å². The quantitative estimate of drug-likeness (QED) is 0.604. The zero-order valence-corrected chi connectivity index (χ0v) is 17.9.